The van der Waals surface area contributed by atoms with Crippen LogP contribution in [-0.2, 0) is 6.42 Å². The number of carbonyl (C=O) groups is 1. The molecule has 0 saturated carbocycles. The maximum Gasteiger partial charge on any atom is 0.248 e. The number of halogens is 1. The van der Waals surface area contributed by atoms with E-state index in [1.165, 1.54) is 4.88 Å². The van der Waals surface area contributed by atoms with Crippen LogP contribution in [0.2, 0.25) is 4.34 Å². The van der Waals surface area contributed by atoms with Crippen molar-refractivity contribution >= 4 is 34.5 Å². The Labute approximate surface area is 121 Å². The zero-order chi connectivity index (χ0) is 13.8. The van der Waals surface area contributed by atoms with Crippen LogP contribution < -0.4 is 11.1 Å². The molecule has 1 amide bonds. The summed E-state index contributed by atoms with van der Waals surface area (Å²) in [5.74, 6) is -0.391. The van der Waals surface area contributed by atoms with Crippen LogP contribution in [0, 0.1) is 6.92 Å². The van der Waals surface area contributed by atoms with Crippen molar-refractivity contribution in [1.29, 1.82) is 0 Å². The van der Waals surface area contributed by atoms with Crippen LogP contribution in [0.5, 0.6) is 0 Å². The maximum atomic E-state index is 11.1. The average molecular weight is 295 g/mol. The molecule has 0 unspecified atom stereocenters. The van der Waals surface area contributed by atoms with Crippen molar-refractivity contribution < 1.29 is 4.79 Å². The molecule has 0 aliphatic rings. The molecule has 0 radical (unpaired) electrons. The Balaban J connectivity index is 1.93. The van der Waals surface area contributed by atoms with Crippen molar-refractivity contribution in [3.8, 4) is 0 Å². The zero-order valence-corrected chi connectivity index (χ0v) is 12.1. The largest absolute Gasteiger partial charge is 0.385 e. The molecule has 0 spiro atoms. The minimum atomic E-state index is -0.391. The van der Waals surface area contributed by atoms with Gasteiger partial charge in [0.1, 0.15) is 0 Å². The van der Waals surface area contributed by atoms with Gasteiger partial charge >= 0.3 is 0 Å². The van der Waals surface area contributed by atoms with E-state index in [0.29, 0.717) is 5.56 Å². The van der Waals surface area contributed by atoms with Gasteiger partial charge in [-0.15, -0.1) is 11.3 Å². The quantitative estimate of drug-likeness (QED) is 0.887. The first-order valence-electron chi connectivity index (χ1n) is 5.95. The fraction of sp³-hybridized carbons (Fsp3) is 0.214. The molecule has 0 bridgehead atoms. The van der Waals surface area contributed by atoms with Gasteiger partial charge in [-0.2, -0.15) is 0 Å². The van der Waals surface area contributed by atoms with Gasteiger partial charge in [-0.1, -0.05) is 11.6 Å². The first-order valence-corrected chi connectivity index (χ1v) is 7.14. The number of thiophene rings is 1. The number of amides is 1. The van der Waals surface area contributed by atoms with Crippen molar-refractivity contribution in [3.63, 3.8) is 0 Å². The van der Waals surface area contributed by atoms with E-state index < -0.39 is 5.91 Å². The molecule has 100 valence electrons. The highest BCUT2D eigenvalue weighted by atomic mass is 35.5. The van der Waals surface area contributed by atoms with E-state index in [0.717, 1.165) is 28.6 Å². The highest BCUT2D eigenvalue weighted by molar-refractivity contribution is 7.16. The molecule has 0 atom stereocenters. The third-order valence-electron chi connectivity index (χ3n) is 2.82. The summed E-state index contributed by atoms with van der Waals surface area (Å²) in [7, 11) is 0. The minimum Gasteiger partial charge on any atom is -0.385 e. The fourth-order valence-corrected chi connectivity index (χ4v) is 2.95. The average Bonchev–Trinajstić information content (AvgIpc) is 2.75. The van der Waals surface area contributed by atoms with Crippen LogP contribution in [0.1, 0.15) is 20.8 Å². The number of nitrogens with one attached hydrogen (secondary N) is 1. The lowest BCUT2D eigenvalue weighted by atomic mass is 10.1. The first-order chi connectivity index (χ1) is 9.06. The summed E-state index contributed by atoms with van der Waals surface area (Å²) in [5.41, 5.74) is 7.71. The molecular weight excluding hydrogens is 280 g/mol. The second kappa shape index (κ2) is 6.08. The van der Waals surface area contributed by atoms with E-state index in [-0.39, 0.29) is 0 Å². The van der Waals surface area contributed by atoms with Gasteiger partial charge in [0.15, 0.2) is 0 Å². The molecule has 3 nitrogen and oxygen atoms in total. The topological polar surface area (TPSA) is 55.1 Å². The van der Waals surface area contributed by atoms with Gasteiger partial charge in [-0.3, -0.25) is 4.79 Å². The number of benzene rings is 1. The molecule has 3 N–H and O–H groups in total. The molecule has 2 rings (SSSR count). The monoisotopic (exact) mass is 294 g/mol. The Kier molecular flexibility index (Phi) is 4.45. The van der Waals surface area contributed by atoms with Crippen LogP contribution >= 0.6 is 22.9 Å². The van der Waals surface area contributed by atoms with Gasteiger partial charge in [-0.25, -0.2) is 0 Å². The summed E-state index contributed by atoms with van der Waals surface area (Å²) in [5, 5.41) is 3.32. The van der Waals surface area contributed by atoms with E-state index in [2.05, 4.69) is 5.32 Å². The third kappa shape index (κ3) is 3.72. The normalized spacial score (nSPS) is 10.4. The Morgan fingerprint density at radius 2 is 2.16 bits per heavy atom. The van der Waals surface area contributed by atoms with E-state index in [4.69, 9.17) is 17.3 Å². The molecular formula is C14H15ClN2OS. The molecule has 1 heterocycles. The van der Waals surface area contributed by atoms with Crippen LogP contribution in [0.25, 0.3) is 0 Å². The molecule has 1 aromatic carbocycles. The Morgan fingerprint density at radius 1 is 1.37 bits per heavy atom. The highest BCUT2D eigenvalue weighted by Crippen LogP contribution is 2.22. The number of carbonyl (C=O) groups excluding carboxylic acids is 1. The van der Waals surface area contributed by atoms with Crippen molar-refractivity contribution in [1.82, 2.24) is 0 Å². The second-order valence-corrected chi connectivity index (χ2v) is 6.08. The van der Waals surface area contributed by atoms with Gasteiger partial charge in [0.05, 0.1) is 4.34 Å². The van der Waals surface area contributed by atoms with Crippen LogP contribution in [0.15, 0.2) is 30.3 Å². The Hall–Kier alpha value is -1.52. The van der Waals surface area contributed by atoms with E-state index in [9.17, 15) is 4.79 Å². The summed E-state index contributed by atoms with van der Waals surface area (Å²) in [6.45, 7) is 2.70. The summed E-state index contributed by atoms with van der Waals surface area (Å²) in [6, 6.07) is 9.50. The third-order valence-corrected chi connectivity index (χ3v) is 4.11. The number of hydrogen-bond donors (Lipinski definition) is 2. The molecule has 0 aliphatic heterocycles. The van der Waals surface area contributed by atoms with E-state index >= 15 is 0 Å². The van der Waals surface area contributed by atoms with Crippen LogP contribution in [0.3, 0.4) is 0 Å². The standard InChI is InChI=1S/C14H15ClN2OS/c1-9-8-10(2-4-12(9)14(16)18)17-7-6-11-3-5-13(15)19-11/h2-5,8,17H,6-7H2,1H3,(H2,16,18). The number of hydrogen-bond acceptors (Lipinski definition) is 3. The number of primary amides is 1. The molecule has 0 aliphatic carbocycles. The van der Waals surface area contributed by atoms with Crippen LogP contribution in [-0.4, -0.2) is 12.5 Å². The maximum absolute atomic E-state index is 11.1. The zero-order valence-electron chi connectivity index (χ0n) is 10.6. The summed E-state index contributed by atoms with van der Waals surface area (Å²) in [4.78, 5) is 12.4. The molecule has 0 saturated heterocycles. The number of anilines is 1. The van der Waals surface area contributed by atoms with Gasteiger partial charge < -0.3 is 11.1 Å². The molecule has 19 heavy (non-hydrogen) atoms. The van der Waals surface area contributed by atoms with Gasteiger partial charge in [0, 0.05) is 22.7 Å². The molecule has 5 heteroatoms. The van der Waals surface area contributed by atoms with E-state index in [1.807, 2.05) is 31.2 Å². The first kappa shape index (κ1) is 13.9. The van der Waals surface area contributed by atoms with Crippen LogP contribution in [0.4, 0.5) is 5.69 Å². The van der Waals surface area contributed by atoms with Crippen molar-refractivity contribution in [2.75, 3.05) is 11.9 Å². The molecule has 1 aromatic heterocycles. The number of aryl methyl sites for hydroxylation is 1. The lowest BCUT2D eigenvalue weighted by molar-refractivity contribution is 0.1000. The minimum absolute atomic E-state index is 0.391. The summed E-state index contributed by atoms with van der Waals surface area (Å²) >= 11 is 7.48. The predicted molar refractivity (Wildman–Crippen MR) is 81.2 cm³/mol. The fourth-order valence-electron chi connectivity index (χ4n) is 1.87. The molecule has 2 aromatic rings. The van der Waals surface area contributed by atoms with Crippen molar-refractivity contribution in [2.45, 2.75) is 13.3 Å². The predicted octanol–water partition coefficient (Wildman–Crippen LogP) is 3.46. The lowest BCUT2D eigenvalue weighted by Crippen LogP contribution is -2.13. The summed E-state index contributed by atoms with van der Waals surface area (Å²) < 4.78 is 0.816. The number of nitrogens with two attached hydrogens (primary N) is 1. The van der Waals surface area contributed by atoms with E-state index in [1.54, 1.807) is 17.4 Å². The van der Waals surface area contributed by atoms with Gasteiger partial charge in [-0.05, 0) is 49.2 Å². The Bertz CT molecular complexity index is 595. The van der Waals surface area contributed by atoms with Crippen molar-refractivity contribution in [2.24, 2.45) is 5.73 Å². The lowest BCUT2D eigenvalue weighted by Gasteiger charge is -2.08. The van der Waals surface area contributed by atoms with Gasteiger partial charge in [0.25, 0.3) is 0 Å². The Morgan fingerprint density at radius 3 is 2.74 bits per heavy atom. The number of rotatable bonds is 5. The smallest absolute Gasteiger partial charge is 0.248 e. The SMILES string of the molecule is Cc1cc(NCCc2ccc(Cl)s2)ccc1C(N)=O. The highest BCUT2D eigenvalue weighted by Gasteiger charge is 2.05. The summed E-state index contributed by atoms with van der Waals surface area (Å²) in [6.07, 6.45) is 0.925. The van der Waals surface area contributed by atoms with Crippen molar-refractivity contribution in [3.05, 3.63) is 50.7 Å². The van der Waals surface area contributed by atoms with Gasteiger partial charge in [0.2, 0.25) is 5.91 Å². The molecule has 0 fully saturated rings. The second-order valence-electron chi connectivity index (χ2n) is 4.28.